The molecule has 0 spiro atoms. The number of hydrogen-bond acceptors (Lipinski definition) is 4. The van der Waals surface area contributed by atoms with E-state index in [2.05, 4.69) is 10.6 Å². The van der Waals surface area contributed by atoms with Gasteiger partial charge in [-0.2, -0.15) is 4.31 Å². The molecule has 0 unspecified atom stereocenters. The molecule has 9 heteroatoms. The van der Waals surface area contributed by atoms with Gasteiger partial charge < -0.3 is 10.6 Å². The summed E-state index contributed by atoms with van der Waals surface area (Å²) in [6.45, 7) is 4.46. The van der Waals surface area contributed by atoms with Gasteiger partial charge in [0.2, 0.25) is 15.9 Å². The summed E-state index contributed by atoms with van der Waals surface area (Å²) >= 11 is 0. The van der Waals surface area contributed by atoms with Crippen LogP contribution in [0.15, 0.2) is 23.1 Å². The monoisotopic (exact) mass is 385 g/mol. The van der Waals surface area contributed by atoms with E-state index in [-0.39, 0.29) is 23.9 Å². The first-order chi connectivity index (χ1) is 12.3. The molecule has 1 fully saturated rings. The third-order valence-corrected chi connectivity index (χ3v) is 6.41. The van der Waals surface area contributed by atoms with Crippen molar-refractivity contribution < 1.29 is 22.4 Å². The zero-order valence-electron chi connectivity index (χ0n) is 14.9. The van der Waals surface area contributed by atoms with Crippen LogP contribution in [0.2, 0.25) is 0 Å². The number of nitrogens with one attached hydrogen (secondary N) is 2. The SMILES string of the molecule is CCN(CC)S(=O)(=O)c1ccc(F)c(C(=O)N[C@@H]2CCCCNC2=O)c1. The van der Waals surface area contributed by atoms with Gasteiger partial charge in [0.1, 0.15) is 11.9 Å². The van der Waals surface area contributed by atoms with Gasteiger partial charge in [-0.05, 0) is 37.5 Å². The summed E-state index contributed by atoms with van der Waals surface area (Å²) in [6.07, 6.45) is 2.02. The van der Waals surface area contributed by atoms with Crippen LogP contribution in [0.1, 0.15) is 43.5 Å². The molecule has 1 saturated heterocycles. The van der Waals surface area contributed by atoms with Crippen molar-refractivity contribution in [3.8, 4) is 0 Å². The van der Waals surface area contributed by atoms with Crippen LogP contribution in [-0.4, -0.2) is 50.2 Å². The molecule has 1 atom stereocenters. The number of nitrogens with zero attached hydrogens (tertiary/aromatic N) is 1. The fourth-order valence-corrected chi connectivity index (χ4v) is 4.35. The Hall–Kier alpha value is -2.00. The smallest absolute Gasteiger partial charge is 0.254 e. The van der Waals surface area contributed by atoms with E-state index in [0.29, 0.717) is 13.0 Å². The van der Waals surface area contributed by atoms with E-state index in [9.17, 15) is 22.4 Å². The maximum Gasteiger partial charge on any atom is 0.254 e. The lowest BCUT2D eigenvalue weighted by Crippen LogP contribution is -2.45. The normalized spacial score (nSPS) is 18.3. The fraction of sp³-hybridized carbons (Fsp3) is 0.529. The number of hydrogen-bond donors (Lipinski definition) is 2. The Bertz CT molecular complexity index is 778. The molecule has 1 aliphatic rings. The average molecular weight is 385 g/mol. The second-order valence-corrected chi connectivity index (χ2v) is 7.98. The van der Waals surface area contributed by atoms with Crippen LogP contribution >= 0.6 is 0 Å². The van der Waals surface area contributed by atoms with Crippen molar-refractivity contribution in [3.05, 3.63) is 29.6 Å². The number of carbonyl (C=O) groups is 2. The van der Waals surface area contributed by atoms with Crippen molar-refractivity contribution in [2.45, 2.75) is 44.0 Å². The Labute approximate surface area is 153 Å². The molecule has 1 aromatic carbocycles. The van der Waals surface area contributed by atoms with Gasteiger partial charge in [0.15, 0.2) is 0 Å². The molecule has 0 bridgehead atoms. The molecule has 26 heavy (non-hydrogen) atoms. The molecule has 1 aromatic rings. The van der Waals surface area contributed by atoms with Gasteiger partial charge in [0.05, 0.1) is 10.5 Å². The zero-order chi connectivity index (χ0) is 19.3. The van der Waals surface area contributed by atoms with Crippen molar-refractivity contribution in [2.75, 3.05) is 19.6 Å². The van der Waals surface area contributed by atoms with Crippen LogP contribution in [-0.2, 0) is 14.8 Å². The summed E-state index contributed by atoms with van der Waals surface area (Å²) in [7, 11) is -3.82. The minimum atomic E-state index is -3.82. The Balaban J connectivity index is 2.29. The highest BCUT2D eigenvalue weighted by atomic mass is 32.2. The van der Waals surface area contributed by atoms with Crippen molar-refractivity contribution in [1.29, 1.82) is 0 Å². The Morgan fingerprint density at radius 1 is 1.31 bits per heavy atom. The van der Waals surface area contributed by atoms with Gasteiger partial charge >= 0.3 is 0 Å². The van der Waals surface area contributed by atoms with E-state index in [4.69, 9.17) is 0 Å². The first kappa shape index (κ1) is 20.3. The molecular formula is C17H24FN3O4S. The summed E-state index contributed by atoms with van der Waals surface area (Å²) < 4.78 is 40.5. The van der Waals surface area contributed by atoms with Crippen molar-refractivity contribution in [2.24, 2.45) is 0 Å². The second-order valence-electron chi connectivity index (χ2n) is 6.04. The molecule has 144 valence electrons. The van der Waals surface area contributed by atoms with Crippen molar-refractivity contribution in [3.63, 3.8) is 0 Å². The Morgan fingerprint density at radius 2 is 2.00 bits per heavy atom. The fourth-order valence-electron chi connectivity index (χ4n) is 2.86. The van der Waals surface area contributed by atoms with E-state index < -0.39 is 33.4 Å². The van der Waals surface area contributed by atoms with Crippen LogP contribution in [0.4, 0.5) is 4.39 Å². The summed E-state index contributed by atoms with van der Waals surface area (Å²) in [5.74, 6) is -1.96. The summed E-state index contributed by atoms with van der Waals surface area (Å²) in [5, 5.41) is 5.18. The van der Waals surface area contributed by atoms with Gasteiger partial charge in [-0.15, -0.1) is 0 Å². The lowest BCUT2D eigenvalue weighted by molar-refractivity contribution is -0.122. The van der Waals surface area contributed by atoms with E-state index in [1.165, 1.54) is 4.31 Å². The minimum Gasteiger partial charge on any atom is -0.354 e. The summed E-state index contributed by atoms with van der Waals surface area (Å²) in [6, 6.07) is 2.36. The van der Waals surface area contributed by atoms with Crippen LogP contribution in [0.5, 0.6) is 0 Å². The van der Waals surface area contributed by atoms with Crippen LogP contribution in [0.25, 0.3) is 0 Å². The standard InChI is InChI=1S/C17H24FN3O4S/c1-3-21(4-2)26(24,25)12-8-9-14(18)13(11-12)16(22)20-15-7-5-6-10-19-17(15)23/h8-9,11,15H,3-7,10H2,1-2H3,(H,19,23)(H,20,22)/t15-/m1/s1. The number of rotatable bonds is 6. The molecule has 0 saturated carbocycles. The molecule has 2 amide bonds. The van der Waals surface area contributed by atoms with E-state index in [1.807, 2.05) is 0 Å². The summed E-state index contributed by atoms with van der Waals surface area (Å²) in [5.41, 5.74) is -0.393. The highest BCUT2D eigenvalue weighted by Gasteiger charge is 2.27. The van der Waals surface area contributed by atoms with Gasteiger partial charge in [-0.1, -0.05) is 13.8 Å². The third-order valence-electron chi connectivity index (χ3n) is 4.37. The molecule has 7 nitrogen and oxygen atoms in total. The Kier molecular flexibility index (Phi) is 6.71. The van der Waals surface area contributed by atoms with Crippen LogP contribution in [0.3, 0.4) is 0 Å². The first-order valence-electron chi connectivity index (χ1n) is 8.69. The van der Waals surface area contributed by atoms with Gasteiger partial charge in [-0.3, -0.25) is 9.59 Å². The molecule has 0 aliphatic carbocycles. The quantitative estimate of drug-likeness (QED) is 0.771. The van der Waals surface area contributed by atoms with Crippen LogP contribution < -0.4 is 10.6 Å². The molecule has 2 rings (SSSR count). The topological polar surface area (TPSA) is 95.6 Å². The maximum atomic E-state index is 14.1. The second kappa shape index (κ2) is 8.59. The predicted octanol–water partition coefficient (Wildman–Crippen LogP) is 1.25. The molecule has 1 aliphatic heterocycles. The largest absolute Gasteiger partial charge is 0.354 e. The summed E-state index contributed by atoms with van der Waals surface area (Å²) in [4.78, 5) is 24.2. The molecule has 0 radical (unpaired) electrons. The zero-order valence-corrected chi connectivity index (χ0v) is 15.7. The highest BCUT2D eigenvalue weighted by Crippen LogP contribution is 2.19. The predicted molar refractivity (Wildman–Crippen MR) is 94.6 cm³/mol. The molecule has 1 heterocycles. The number of benzene rings is 1. The average Bonchev–Trinajstić information content (AvgIpc) is 2.80. The molecule has 2 N–H and O–H groups in total. The number of carbonyl (C=O) groups excluding carboxylic acids is 2. The number of halogens is 1. The minimum absolute atomic E-state index is 0.155. The number of amides is 2. The van der Waals surface area contributed by atoms with E-state index in [0.717, 1.165) is 31.0 Å². The van der Waals surface area contributed by atoms with E-state index >= 15 is 0 Å². The Morgan fingerprint density at radius 3 is 2.65 bits per heavy atom. The van der Waals surface area contributed by atoms with Gasteiger partial charge in [-0.25, -0.2) is 12.8 Å². The lowest BCUT2D eigenvalue weighted by atomic mass is 10.1. The molecule has 0 aromatic heterocycles. The van der Waals surface area contributed by atoms with Crippen molar-refractivity contribution >= 4 is 21.8 Å². The van der Waals surface area contributed by atoms with Gasteiger partial charge in [0.25, 0.3) is 5.91 Å². The van der Waals surface area contributed by atoms with Crippen molar-refractivity contribution in [1.82, 2.24) is 14.9 Å². The molecular weight excluding hydrogens is 361 g/mol. The lowest BCUT2D eigenvalue weighted by Gasteiger charge is -2.19. The van der Waals surface area contributed by atoms with E-state index in [1.54, 1.807) is 13.8 Å². The number of sulfonamides is 1. The van der Waals surface area contributed by atoms with Crippen LogP contribution in [0, 0.1) is 5.82 Å². The highest BCUT2D eigenvalue weighted by molar-refractivity contribution is 7.89. The maximum absolute atomic E-state index is 14.1. The first-order valence-corrected chi connectivity index (χ1v) is 10.1. The van der Waals surface area contributed by atoms with Gasteiger partial charge in [0, 0.05) is 19.6 Å². The third kappa shape index (κ3) is 4.39.